The average molecular weight is 1100 g/mol. The molecule has 0 fully saturated rings. The van der Waals surface area contributed by atoms with E-state index in [-0.39, 0.29) is 18.5 Å². The Hall–Kier alpha value is -1.40. The van der Waals surface area contributed by atoms with Gasteiger partial charge in [0.25, 0.3) is 0 Å². The lowest BCUT2D eigenvalue weighted by atomic mass is 10.0. The zero-order chi connectivity index (χ0) is 56.4. The molecule has 0 radical (unpaired) electrons. The van der Waals surface area contributed by atoms with Crippen LogP contribution in [0.3, 0.4) is 0 Å². The van der Waals surface area contributed by atoms with Gasteiger partial charge in [-0.05, 0) is 51.4 Å². The lowest BCUT2D eigenvalue weighted by molar-refractivity contribution is -0.143. The number of amides is 1. The predicted octanol–water partition coefficient (Wildman–Crippen LogP) is 23.1. The molecule has 2 unspecified atom stereocenters. The van der Waals surface area contributed by atoms with Gasteiger partial charge in [-0.3, -0.25) is 9.59 Å². The van der Waals surface area contributed by atoms with Gasteiger partial charge in [-0.2, -0.15) is 0 Å². The topological polar surface area (TPSA) is 95.9 Å². The molecule has 464 valence electrons. The fourth-order valence-electron chi connectivity index (χ4n) is 11.6. The number of esters is 1. The van der Waals surface area contributed by atoms with Crippen LogP contribution in [0.4, 0.5) is 0 Å². The summed E-state index contributed by atoms with van der Waals surface area (Å²) in [5.41, 5.74) is 0. The zero-order valence-electron chi connectivity index (χ0n) is 53.2. The van der Waals surface area contributed by atoms with Crippen molar-refractivity contribution >= 4 is 11.9 Å². The van der Waals surface area contributed by atoms with Crippen molar-refractivity contribution in [2.75, 3.05) is 13.2 Å². The molecule has 0 aliphatic heterocycles. The number of hydrogen-bond acceptors (Lipinski definition) is 5. The summed E-state index contributed by atoms with van der Waals surface area (Å²) in [6, 6.07) is -0.540. The lowest BCUT2D eigenvalue weighted by Crippen LogP contribution is -2.45. The van der Waals surface area contributed by atoms with Crippen LogP contribution in [0.2, 0.25) is 0 Å². The molecule has 0 aromatic rings. The van der Waals surface area contributed by atoms with E-state index in [1.54, 1.807) is 0 Å². The Morgan fingerprint density at radius 3 is 0.910 bits per heavy atom. The highest BCUT2D eigenvalue weighted by molar-refractivity contribution is 5.76. The van der Waals surface area contributed by atoms with Crippen LogP contribution in [0.15, 0.2) is 12.2 Å². The second kappa shape index (κ2) is 68.1. The van der Waals surface area contributed by atoms with Crippen molar-refractivity contribution in [3.8, 4) is 0 Å². The zero-order valence-corrected chi connectivity index (χ0v) is 53.2. The fraction of sp³-hybridized carbons (Fsp3) is 0.944. The van der Waals surface area contributed by atoms with Crippen LogP contribution in [-0.2, 0) is 14.3 Å². The van der Waals surface area contributed by atoms with E-state index in [1.807, 2.05) is 0 Å². The van der Waals surface area contributed by atoms with Gasteiger partial charge in [0.15, 0.2) is 0 Å². The van der Waals surface area contributed by atoms with Crippen molar-refractivity contribution in [2.45, 2.75) is 424 Å². The van der Waals surface area contributed by atoms with Gasteiger partial charge in [-0.25, -0.2) is 0 Å². The number of aliphatic hydroxyl groups is 2. The van der Waals surface area contributed by atoms with E-state index in [9.17, 15) is 19.8 Å². The molecule has 0 heterocycles. The Balaban J connectivity index is 3.35. The number of allylic oxidation sites excluding steroid dienone is 2. The number of carbonyl (C=O) groups is 2. The quantitative estimate of drug-likeness (QED) is 0.0320. The van der Waals surface area contributed by atoms with Crippen LogP contribution in [0.25, 0.3) is 0 Å². The van der Waals surface area contributed by atoms with Crippen molar-refractivity contribution < 1.29 is 24.5 Å². The molecular weight excluding hydrogens is 959 g/mol. The molecular formula is C72H141NO5. The third-order valence-corrected chi connectivity index (χ3v) is 17.1. The first kappa shape index (κ1) is 76.6. The maximum Gasteiger partial charge on any atom is 0.305 e. The van der Waals surface area contributed by atoms with Gasteiger partial charge in [0, 0.05) is 12.8 Å². The van der Waals surface area contributed by atoms with E-state index < -0.39 is 12.1 Å². The molecule has 6 heteroatoms. The van der Waals surface area contributed by atoms with Gasteiger partial charge in [-0.15, -0.1) is 0 Å². The Bertz CT molecular complexity index is 1180. The molecule has 0 aromatic heterocycles. The number of aliphatic hydroxyl groups excluding tert-OH is 2. The van der Waals surface area contributed by atoms with Crippen molar-refractivity contribution in [1.29, 1.82) is 0 Å². The maximum absolute atomic E-state index is 12.5. The second-order valence-corrected chi connectivity index (χ2v) is 24.9. The Morgan fingerprint density at radius 2 is 0.603 bits per heavy atom. The standard InChI is InChI=1S/C72H141NO5/c1-3-5-7-9-11-13-15-17-19-21-30-33-36-40-44-48-52-56-60-64-70(75)69(68-74)73-71(76)65-61-57-53-49-45-41-37-34-31-28-26-24-22-23-25-27-29-32-35-39-43-47-51-55-59-63-67-78-72(77)66-62-58-54-50-46-42-38-20-18-16-14-12-10-8-6-4-2/h20,38,69-70,74-75H,3-19,21-37,39-68H2,1-2H3,(H,73,76)/b38-20-. The third kappa shape index (κ3) is 63.8. The molecule has 0 spiro atoms. The highest BCUT2D eigenvalue weighted by Crippen LogP contribution is 2.19. The van der Waals surface area contributed by atoms with E-state index in [0.29, 0.717) is 25.9 Å². The minimum Gasteiger partial charge on any atom is -0.466 e. The smallest absolute Gasteiger partial charge is 0.305 e. The normalized spacial score (nSPS) is 12.5. The van der Waals surface area contributed by atoms with Crippen LogP contribution < -0.4 is 5.32 Å². The van der Waals surface area contributed by atoms with Crippen LogP contribution >= 0.6 is 0 Å². The Labute approximate surface area is 489 Å². The van der Waals surface area contributed by atoms with E-state index in [2.05, 4.69) is 31.3 Å². The summed E-state index contributed by atoms with van der Waals surface area (Å²) in [7, 11) is 0. The van der Waals surface area contributed by atoms with Gasteiger partial charge >= 0.3 is 5.97 Å². The molecule has 0 aromatic carbocycles. The number of unbranched alkanes of at least 4 members (excludes halogenated alkanes) is 55. The summed E-state index contributed by atoms with van der Waals surface area (Å²) >= 11 is 0. The highest BCUT2D eigenvalue weighted by atomic mass is 16.5. The summed E-state index contributed by atoms with van der Waals surface area (Å²) in [4.78, 5) is 24.6. The van der Waals surface area contributed by atoms with Crippen molar-refractivity contribution in [1.82, 2.24) is 5.32 Å². The van der Waals surface area contributed by atoms with Gasteiger partial charge in [0.05, 0.1) is 25.4 Å². The van der Waals surface area contributed by atoms with Crippen LogP contribution in [0.5, 0.6) is 0 Å². The van der Waals surface area contributed by atoms with E-state index in [1.165, 1.54) is 334 Å². The van der Waals surface area contributed by atoms with Gasteiger partial charge < -0.3 is 20.3 Å². The monoisotopic (exact) mass is 1100 g/mol. The Morgan fingerprint density at radius 1 is 0.346 bits per heavy atom. The first-order valence-corrected chi connectivity index (χ1v) is 35.9. The molecule has 3 N–H and O–H groups in total. The number of rotatable bonds is 68. The van der Waals surface area contributed by atoms with Gasteiger partial charge in [0.2, 0.25) is 5.91 Å². The number of ether oxygens (including phenoxy) is 1. The molecule has 0 aliphatic rings. The van der Waals surface area contributed by atoms with Gasteiger partial charge in [0.1, 0.15) is 0 Å². The summed E-state index contributed by atoms with van der Waals surface area (Å²) in [6.45, 7) is 4.99. The maximum atomic E-state index is 12.5. The first-order chi connectivity index (χ1) is 38.5. The molecule has 0 rings (SSSR count). The number of nitrogens with one attached hydrogen (secondary N) is 1. The SMILES string of the molecule is CCCCCCCCC/C=C\CCCCCCCC(=O)OCCCCCCCCCCCCCCCCCCCCCCCCCCCCC(=O)NC(CO)C(O)CCCCCCCCCCCCCCCCCCCCC. The fourth-order valence-corrected chi connectivity index (χ4v) is 11.6. The molecule has 0 saturated heterocycles. The van der Waals surface area contributed by atoms with E-state index >= 15 is 0 Å². The third-order valence-electron chi connectivity index (χ3n) is 17.1. The summed E-state index contributed by atoms with van der Waals surface area (Å²) in [5, 5.41) is 23.4. The minimum absolute atomic E-state index is 0.0110. The summed E-state index contributed by atoms with van der Waals surface area (Å²) in [6.07, 6.45) is 84.0. The molecule has 78 heavy (non-hydrogen) atoms. The van der Waals surface area contributed by atoms with Gasteiger partial charge in [-0.1, -0.05) is 360 Å². The lowest BCUT2D eigenvalue weighted by Gasteiger charge is -2.22. The average Bonchev–Trinajstić information content (AvgIpc) is 3.44. The summed E-state index contributed by atoms with van der Waals surface area (Å²) < 4.78 is 5.50. The Kier molecular flexibility index (Phi) is 66.9. The largest absolute Gasteiger partial charge is 0.466 e. The molecule has 2 atom stereocenters. The molecule has 0 aliphatic carbocycles. The van der Waals surface area contributed by atoms with E-state index in [0.717, 1.165) is 44.9 Å². The van der Waals surface area contributed by atoms with E-state index in [4.69, 9.17) is 4.74 Å². The molecule has 0 bridgehead atoms. The summed E-state index contributed by atoms with van der Waals surface area (Å²) in [5.74, 6) is -0.0171. The van der Waals surface area contributed by atoms with Crippen molar-refractivity contribution in [3.05, 3.63) is 12.2 Å². The highest BCUT2D eigenvalue weighted by Gasteiger charge is 2.20. The molecule has 6 nitrogen and oxygen atoms in total. The van der Waals surface area contributed by atoms with Crippen LogP contribution in [0.1, 0.15) is 412 Å². The second-order valence-electron chi connectivity index (χ2n) is 24.9. The van der Waals surface area contributed by atoms with Crippen LogP contribution in [0, 0.1) is 0 Å². The van der Waals surface area contributed by atoms with Crippen molar-refractivity contribution in [3.63, 3.8) is 0 Å². The van der Waals surface area contributed by atoms with Crippen LogP contribution in [-0.4, -0.2) is 47.4 Å². The predicted molar refractivity (Wildman–Crippen MR) is 343 cm³/mol. The minimum atomic E-state index is -0.663. The molecule has 0 saturated carbocycles. The number of hydrogen-bond donors (Lipinski definition) is 3. The first-order valence-electron chi connectivity index (χ1n) is 35.9. The number of carbonyl (C=O) groups excluding carboxylic acids is 2. The van der Waals surface area contributed by atoms with Crippen molar-refractivity contribution in [2.24, 2.45) is 0 Å². The molecule has 1 amide bonds.